The number of para-hydroxylation sites is 2. The van der Waals surface area contributed by atoms with Gasteiger partial charge in [-0.25, -0.2) is 0 Å². The molecule has 2 aliphatic heterocycles. The third-order valence-electron chi connectivity index (χ3n) is 10.9. The van der Waals surface area contributed by atoms with E-state index in [0.29, 0.717) is 11.1 Å². The molecule has 6 aromatic carbocycles. The molecule has 4 nitrogen and oxygen atoms in total. The number of nitriles is 2. The Balaban J connectivity index is 1.19. The zero-order chi connectivity index (χ0) is 31.7. The quantitative estimate of drug-likeness (QED) is 0.196. The lowest BCUT2D eigenvalue weighted by atomic mass is 9.77. The van der Waals surface area contributed by atoms with Crippen LogP contribution < -0.4 is 4.90 Å². The van der Waals surface area contributed by atoms with E-state index in [4.69, 9.17) is 0 Å². The summed E-state index contributed by atoms with van der Waals surface area (Å²) in [5.41, 5.74) is 16.3. The first-order chi connectivity index (χ1) is 23.7. The van der Waals surface area contributed by atoms with Crippen molar-refractivity contribution in [3.05, 3.63) is 161 Å². The van der Waals surface area contributed by atoms with Crippen molar-refractivity contribution in [2.75, 3.05) is 4.90 Å². The van der Waals surface area contributed by atoms with Gasteiger partial charge in [0, 0.05) is 38.7 Å². The number of nitrogens with zero attached hydrogens (tertiary/aromatic N) is 4. The van der Waals surface area contributed by atoms with E-state index < -0.39 is 0 Å². The Morgan fingerprint density at radius 3 is 2.04 bits per heavy atom. The van der Waals surface area contributed by atoms with Crippen molar-refractivity contribution < 1.29 is 0 Å². The third-order valence-corrected chi connectivity index (χ3v) is 10.9. The number of hydrogen-bond acceptors (Lipinski definition) is 3. The second kappa shape index (κ2) is 9.01. The predicted octanol–water partition coefficient (Wildman–Crippen LogP) is 10.3. The highest BCUT2D eigenvalue weighted by atomic mass is 15.2. The Hall–Kier alpha value is -6.62. The van der Waals surface area contributed by atoms with Gasteiger partial charge in [0.15, 0.2) is 0 Å². The topological polar surface area (TPSA) is 55.2 Å². The molecule has 2 atom stereocenters. The molecule has 2 aromatic heterocycles. The molecule has 0 bridgehead atoms. The van der Waals surface area contributed by atoms with Crippen molar-refractivity contribution in [2.24, 2.45) is 0 Å². The zero-order valence-electron chi connectivity index (χ0n) is 25.6. The van der Waals surface area contributed by atoms with Crippen LogP contribution in [0, 0.1) is 22.7 Å². The Bertz CT molecular complexity index is 2850. The minimum Gasteiger partial charge on any atom is -0.332 e. The molecule has 0 fully saturated rings. The third kappa shape index (κ3) is 3.07. The minimum atomic E-state index is 0.176. The summed E-state index contributed by atoms with van der Waals surface area (Å²) in [6, 6.07) is 47.7. The Morgan fingerprint density at radius 1 is 0.542 bits per heavy atom. The van der Waals surface area contributed by atoms with Crippen LogP contribution in [0.25, 0.3) is 60.4 Å². The molecule has 4 heterocycles. The minimum absolute atomic E-state index is 0.176. The highest BCUT2D eigenvalue weighted by Crippen LogP contribution is 2.62. The lowest BCUT2D eigenvalue weighted by Crippen LogP contribution is -2.28. The first kappa shape index (κ1) is 25.6. The largest absolute Gasteiger partial charge is 0.332 e. The molecule has 0 saturated heterocycles. The number of hydrogen-bond donors (Lipinski definition) is 0. The van der Waals surface area contributed by atoms with Crippen molar-refractivity contribution in [1.82, 2.24) is 4.40 Å². The molecule has 0 amide bonds. The molecule has 11 rings (SSSR count). The molecule has 8 aromatic rings. The highest BCUT2D eigenvalue weighted by Gasteiger charge is 2.49. The van der Waals surface area contributed by atoms with Gasteiger partial charge < -0.3 is 9.30 Å². The predicted molar refractivity (Wildman–Crippen MR) is 193 cm³/mol. The average molecular weight is 609 g/mol. The first-order valence-corrected chi connectivity index (χ1v) is 16.3. The molecule has 48 heavy (non-hydrogen) atoms. The van der Waals surface area contributed by atoms with E-state index in [1.165, 1.54) is 77.3 Å². The fourth-order valence-electron chi connectivity index (χ4n) is 8.96. The summed E-state index contributed by atoms with van der Waals surface area (Å²) in [5, 5.41) is 23.8. The van der Waals surface area contributed by atoms with Gasteiger partial charge in [-0.05, 0) is 81.9 Å². The Labute approximate surface area is 276 Å². The van der Waals surface area contributed by atoms with Crippen LogP contribution in [0.3, 0.4) is 0 Å². The molecular formula is C44H24N4. The second-order valence-corrected chi connectivity index (χ2v) is 13.1. The van der Waals surface area contributed by atoms with Crippen LogP contribution in [0.1, 0.15) is 33.7 Å². The standard InChI is InChI=1S/C44H24N4/c45-23-25-9-13-27(14-10-25)29-17-19-31-35-22-40-36(21-39(35)47-37-7-3-1-5-33(37)41(29)43(31)47)32-20-18-30(28-15-11-26(24-46)12-16-28)42-34-6-2-4-8-38(34)48(40)44(32)42/h1-22,41,43H. The highest BCUT2D eigenvalue weighted by molar-refractivity contribution is 6.27. The smallest absolute Gasteiger partial charge is 0.0991 e. The van der Waals surface area contributed by atoms with Gasteiger partial charge in [-0.3, -0.25) is 0 Å². The molecule has 220 valence electrons. The van der Waals surface area contributed by atoms with Crippen LogP contribution in [0.5, 0.6) is 0 Å². The number of rotatable bonds is 2. The summed E-state index contributed by atoms with van der Waals surface area (Å²) in [7, 11) is 0. The van der Waals surface area contributed by atoms with Gasteiger partial charge in [0.05, 0.1) is 51.5 Å². The molecule has 0 N–H and O–H groups in total. The molecule has 4 heteroatoms. The lowest BCUT2D eigenvalue weighted by molar-refractivity contribution is 0.797. The van der Waals surface area contributed by atoms with Crippen LogP contribution in [-0.4, -0.2) is 10.4 Å². The molecule has 1 aliphatic carbocycles. The van der Waals surface area contributed by atoms with Crippen molar-refractivity contribution >= 4 is 60.6 Å². The maximum Gasteiger partial charge on any atom is 0.0991 e. The number of aromatic nitrogens is 1. The molecule has 2 unspecified atom stereocenters. The van der Waals surface area contributed by atoms with Gasteiger partial charge in [0.2, 0.25) is 0 Å². The van der Waals surface area contributed by atoms with Crippen LogP contribution in [0.4, 0.5) is 11.4 Å². The van der Waals surface area contributed by atoms with Gasteiger partial charge in [-0.1, -0.05) is 84.9 Å². The van der Waals surface area contributed by atoms with Crippen molar-refractivity contribution in [2.45, 2.75) is 12.0 Å². The molecule has 3 aliphatic rings. The summed E-state index contributed by atoms with van der Waals surface area (Å²) in [4.78, 5) is 2.58. The summed E-state index contributed by atoms with van der Waals surface area (Å²) in [6.07, 6.45) is 4.64. The summed E-state index contributed by atoms with van der Waals surface area (Å²) in [6.45, 7) is 0. The molecular weight excluding hydrogens is 585 g/mol. The molecule has 0 saturated carbocycles. The molecule has 0 spiro atoms. The van der Waals surface area contributed by atoms with E-state index in [-0.39, 0.29) is 12.0 Å². The zero-order valence-corrected chi connectivity index (χ0v) is 25.6. The lowest BCUT2D eigenvalue weighted by Gasteiger charge is -2.29. The van der Waals surface area contributed by atoms with Crippen LogP contribution >= 0.6 is 0 Å². The van der Waals surface area contributed by atoms with Gasteiger partial charge in [0.1, 0.15) is 0 Å². The second-order valence-electron chi connectivity index (χ2n) is 13.1. The summed E-state index contributed by atoms with van der Waals surface area (Å²) < 4.78 is 2.47. The summed E-state index contributed by atoms with van der Waals surface area (Å²) >= 11 is 0. The Morgan fingerprint density at radius 2 is 1.25 bits per heavy atom. The fourth-order valence-corrected chi connectivity index (χ4v) is 8.96. The number of fused-ring (bicyclic) bond motifs is 12. The maximum atomic E-state index is 9.41. The van der Waals surface area contributed by atoms with Crippen molar-refractivity contribution in [1.29, 1.82) is 10.5 Å². The SMILES string of the molecule is N#Cc1ccc(C2=CC=C3c4cc5c(cc4N4c6ccccc6C2C34)c2ccc(-c3ccc(C#N)cc3)c3c4ccccc4n5c23)cc1. The van der Waals surface area contributed by atoms with Crippen LogP contribution in [0.15, 0.2) is 133 Å². The van der Waals surface area contributed by atoms with Crippen LogP contribution in [-0.2, 0) is 0 Å². The van der Waals surface area contributed by atoms with E-state index >= 15 is 0 Å². The first-order valence-electron chi connectivity index (χ1n) is 16.3. The van der Waals surface area contributed by atoms with E-state index in [1.54, 1.807) is 0 Å². The van der Waals surface area contributed by atoms with Gasteiger partial charge in [-0.15, -0.1) is 0 Å². The number of anilines is 2. The van der Waals surface area contributed by atoms with Gasteiger partial charge in [0.25, 0.3) is 0 Å². The number of benzene rings is 6. The van der Waals surface area contributed by atoms with E-state index in [2.05, 4.69) is 131 Å². The van der Waals surface area contributed by atoms with Gasteiger partial charge in [-0.2, -0.15) is 10.5 Å². The fraction of sp³-hybridized carbons (Fsp3) is 0.0455. The Kier molecular flexibility index (Phi) is 4.80. The molecule has 0 radical (unpaired) electrons. The van der Waals surface area contributed by atoms with E-state index in [1.807, 2.05) is 24.3 Å². The maximum absolute atomic E-state index is 9.41. The summed E-state index contributed by atoms with van der Waals surface area (Å²) in [5.74, 6) is 0.192. The average Bonchev–Trinajstić information content (AvgIpc) is 3.87. The van der Waals surface area contributed by atoms with Gasteiger partial charge >= 0.3 is 0 Å². The van der Waals surface area contributed by atoms with E-state index in [9.17, 15) is 10.5 Å². The van der Waals surface area contributed by atoms with Crippen molar-refractivity contribution in [3.63, 3.8) is 0 Å². The normalized spacial score (nSPS) is 17.3. The van der Waals surface area contributed by atoms with Crippen molar-refractivity contribution in [3.8, 4) is 23.3 Å². The number of allylic oxidation sites excluding steroid dienone is 2. The van der Waals surface area contributed by atoms with Crippen LogP contribution in [0.2, 0.25) is 0 Å². The monoisotopic (exact) mass is 608 g/mol. The van der Waals surface area contributed by atoms with E-state index in [0.717, 1.165) is 11.1 Å².